The molecule has 0 radical (unpaired) electrons. The molecule has 11 heteroatoms. The molecule has 0 spiro atoms. The highest BCUT2D eigenvalue weighted by Crippen LogP contribution is 2.18. The first-order valence-corrected chi connectivity index (χ1v) is 10.5. The second-order valence-corrected chi connectivity index (χ2v) is 7.60. The molecule has 32 heavy (non-hydrogen) atoms. The number of amides is 2. The average molecular weight is 461 g/mol. The van der Waals surface area contributed by atoms with Gasteiger partial charge in [-0.3, -0.25) is 9.59 Å². The lowest BCUT2D eigenvalue weighted by Gasteiger charge is -2.07. The van der Waals surface area contributed by atoms with Crippen LogP contribution in [0.5, 0.6) is 5.75 Å². The van der Waals surface area contributed by atoms with Crippen LogP contribution in [0.3, 0.4) is 0 Å². The van der Waals surface area contributed by atoms with Crippen molar-refractivity contribution in [2.45, 2.75) is 11.6 Å². The zero-order valence-electron chi connectivity index (χ0n) is 17.4. The molecule has 0 atom stereocenters. The van der Waals surface area contributed by atoms with Crippen LogP contribution in [0, 0.1) is 11.6 Å². The Morgan fingerprint density at radius 2 is 1.84 bits per heavy atom. The molecule has 0 aliphatic rings. The van der Waals surface area contributed by atoms with Gasteiger partial charge >= 0.3 is 0 Å². The van der Waals surface area contributed by atoms with Crippen molar-refractivity contribution in [2.75, 3.05) is 24.7 Å². The second-order valence-electron chi connectivity index (χ2n) is 6.66. The highest BCUT2D eigenvalue weighted by atomic mass is 32.2. The van der Waals surface area contributed by atoms with E-state index < -0.39 is 17.5 Å². The Kier molecular flexibility index (Phi) is 7.77. The van der Waals surface area contributed by atoms with Crippen LogP contribution in [0.4, 0.5) is 14.5 Å². The first-order valence-electron chi connectivity index (χ1n) is 9.55. The van der Waals surface area contributed by atoms with Crippen LogP contribution in [-0.4, -0.2) is 46.0 Å². The first-order chi connectivity index (χ1) is 15.4. The maximum atomic E-state index is 13.2. The van der Waals surface area contributed by atoms with E-state index in [1.165, 1.54) is 6.07 Å². The van der Waals surface area contributed by atoms with E-state index in [-0.39, 0.29) is 17.3 Å². The van der Waals surface area contributed by atoms with Gasteiger partial charge in [0.15, 0.2) is 16.8 Å². The zero-order chi connectivity index (χ0) is 23.1. The van der Waals surface area contributed by atoms with Crippen LogP contribution in [0.25, 0.3) is 0 Å². The number of methoxy groups -OCH3 is 1. The van der Waals surface area contributed by atoms with Crippen molar-refractivity contribution < 1.29 is 23.1 Å². The summed E-state index contributed by atoms with van der Waals surface area (Å²) in [5.74, 6) is -1.29. The third-order valence-corrected chi connectivity index (χ3v) is 5.47. The number of thioether (sulfide) groups is 1. The number of nitrogens with zero attached hydrogens (tertiary/aromatic N) is 3. The third kappa shape index (κ3) is 6.03. The Morgan fingerprint density at radius 1 is 1.09 bits per heavy atom. The standard InChI is InChI=1S/C21H21F2N5O3S/c1-28-18(9-10-24-20(30)13-3-6-15(31-2)7-4-13)26-27-21(28)32-12-19(29)25-14-5-8-16(22)17(23)11-14/h3-8,11H,9-10,12H2,1-2H3,(H,24,30)(H,25,29). The molecule has 1 heterocycles. The molecular formula is C21H21F2N5O3S. The summed E-state index contributed by atoms with van der Waals surface area (Å²) in [6, 6.07) is 9.92. The molecule has 168 valence electrons. The fraction of sp³-hybridized carbons (Fsp3) is 0.238. The molecule has 0 saturated carbocycles. The van der Waals surface area contributed by atoms with Crippen LogP contribution >= 0.6 is 11.8 Å². The molecule has 2 aromatic carbocycles. The monoisotopic (exact) mass is 461 g/mol. The number of carbonyl (C=O) groups is 2. The van der Waals surface area contributed by atoms with Gasteiger partial charge in [0.2, 0.25) is 5.91 Å². The van der Waals surface area contributed by atoms with Crippen molar-refractivity contribution in [1.82, 2.24) is 20.1 Å². The van der Waals surface area contributed by atoms with Crippen molar-refractivity contribution in [3.05, 3.63) is 65.5 Å². The largest absolute Gasteiger partial charge is 0.497 e. The van der Waals surface area contributed by atoms with Crippen molar-refractivity contribution in [2.24, 2.45) is 7.05 Å². The Balaban J connectivity index is 1.46. The van der Waals surface area contributed by atoms with Gasteiger partial charge in [-0.1, -0.05) is 11.8 Å². The maximum absolute atomic E-state index is 13.2. The van der Waals surface area contributed by atoms with Gasteiger partial charge in [-0.2, -0.15) is 0 Å². The minimum atomic E-state index is -1.03. The summed E-state index contributed by atoms with van der Waals surface area (Å²) < 4.78 is 33.0. The summed E-state index contributed by atoms with van der Waals surface area (Å²) in [5.41, 5.74) is 0.688. The van der Waals surface area contributed by atoms with Gasteiger partial charge in [-0.25, -0.2) is 8.78 Å². The molecule has 0 fully saturated rings. The quantitative estimate of drug-likeness (QED) is 0.476. The predicted molar refractivity (Wildman–Crippen MR) is 116 cm³/mol. The second kappa shape index (κ2) is 10.7. The van der Waals surface area contributed by atoms with Crippen LogP contribution in [0.15, 0.2) is 47.6 Å². The third-order valence-electron chi connectivity index (χ3n) is 4.45. The van der Waals surface area contributed by atoms with Crippen molar-refractivity contribution in [3.63, 3.8) is 0 Å². The van der Waals surface area contributed by atoms with E-state index in [1.807, 2.05) is 0 Å². The molecule has 3 aromatic rings. The Labute approximate surface area is 187 Å². The molecular weight excluding hydrogens is 440 g/mol. The highest BCUT2D eigenvalue weighted by molar-refractivity contribution is 7.99. The summed E-state index contributed by atoms with van der Waals surface area (Å²) in [7, 11) is 3.32. The molecule has 0 saturated heterocycles. The lowest BCUT2D eigenvalue weighted by molar-refractivity contribution is -0.113. The fourth-order valence-corrected chi connectivity index (χ4v) is 3.45. The SMILES string of the molecule is COc1ccc(C(=O)NCCc2nnc(SCC(=O)Nc3ccc(F)c(F)c3)n2C)cc1. The topological polar surface area (TPSA) is 98.1 Å². The number of aromatic nitrogens is 3. The number of benzene rings is 2. The van der Waals surface area contributed by atoms with Gasteiger partial charge in [0.1, 0.15) is 11.6 Å². The summed E-state index contributed by atoms with van der Waals surface area (Å²) in [6.45, 7) is 0.359. The van der Waals surface area contributed by atoms with Crippen molar-refractivity contribution in [1.29, 1.82) is 0 Å². The van der Waals surface area contributed by atoms with E-state index in [4.69, 9.17) is 4.74 Å². The first kappa shape index (κ1) is 23.2. The van der Waals surface area contributed by atoms with E-state index in [9.17, 15) is 18.4 Å². The highest BCUT2D eigenvalue weighted by Gasteiger charge is 2.13. The van der Waals surface area contributed by atoms with Gasteiger partial charge in [-0.05, 0) is 36.4 Å². The number of anilines is 1. The Bertz CT molecular complexity index is 1110. The summed E-state index contributed by atoms with van der Waals surface area (Å²) in [5, 5.41) is 14.0. The maximum Gasteiger partial charge on any atom is 0.251 e. The number of ether oxygens (including phenoxy) is 1. The molecule has 8 nitrogen and oxygen atoms in total. The molecule has 0 bridgehead atoms. The minimum absolute atomic E-state index is 0.0131. The van der Waals surface area contributed by atoms with Crippen LogP contribution in [-0.2, 0) is 18.3 Å². The number of nitrogens with one attached hydrogen (secondary N) is 2. The normalized spacial score (nSPS) is 10.6. The smallest absolute Gasteiger partial charge is 0.251 e. The summed E-state index contributed by atoms with van der Waals surface area (Å²) in [4.78, 5) is 24.3. The van der Waals surface area contributed by atoms with Crippen molar-refractivity contribution >= 4 is 29.3 Å². The predicted octanol–water partition coefficient (Wildman–Crippen LogP) is 2.81. The summed E-state index contributed by atoms with van der Waals surface area (Å²) in [6.07, 6.45) is 0.451. The van der Waals surface area contributed by atoms with Gasteiger partial charge in [0.05, 0.1) is 12.9 Å². The van der Waals surface area contributed by atoms with E-state index in [0.29, 0.717) is 35.3 Å². The lowest BCUT2D eigenvalue weighted by atomic mass is 10.2. The van der Waals surface area contributed by atoms with Gasteiger partial charge in [-0.15, -0.1) is 10.2 Å². The zero-order valence-corrected chi connectivity index (χ0v) is 18.2. The number of carbonyl (C=O) groups excluding carboxylic acids is 2. The molecule has 2 N–H and O–H groups in total. The molecule has 1 aromatic heterocycles. The van der Waals surface area contributed by atoms with Gasteiger partial charge in [0, 0.05) is 37.3 Å². The molecule has 0 unspecified atom stereocenters. The van der Waals surface area contributed by atoms with E-state index in [0.717, 1.165) is 23.9 Å². The number of hydrogen-bond donors (Lipinski definition) is 2. The fourth-order valence-electron chi connectivity index (χ4n) is 2.72. The van der Waals surface area contributed by atoms with Crippen LogP contribution in [0.1, 0.15) is 16.2 Å². The molecule has 0 aliphatic carbocycles. The van der Waals surface area contributed by atoms with Gasteiger partial charge in [0.25, 0.3) is 5.91 Å². The van der Waals surface area contributed by atoms with Crippen molar-refractivity contribution in [3.8, 4) is 5.75 Å². The van der Waals surface area contributed by atoms with Crippen LogP contribution < -0.4 is 15.4 Å². The lowest BCUT2D eigenvalue weighted by Crippen LogP contribution is -2.26. The van der Waals surface area contributed by atoms with E-state index >= 15 is 0 Å². The van der Waals surface area contributed by atoms with E-state index in [2.05, 4.69) is 20.8 Å². The Hall–Kier alpha value is -3.47. The van der Waals surface area contributed by atoms with Gasteiger partial charge < -0.3 is 19.9 Å². The van der Waals surface area contributed by atoms with E-state index in [1.54, 1.807) is 43.0 Å². The Morgan fingerprint density at radius 3 is 2.53 bits per heavy atom. The molecule has 2 amide bonds. The molecule has 0 aliphatic heterocycles. The number of rotatable bonds is 9. The average Bonchev–Trinajstić information content (AvgIpc) is 3.14. The summed E-state index contributed by atoms with van der Waals surface area (Å²) >= 11 is 1.15. The number of halogens is 2. The number of hydrogen-bond acceptors (Lipinski definition) is 6. The molecule has 3 rings (SSSR count). The minimum Gasteiger partial charge on any atom is -0.497 e. The van der Waals surface area contributed by atoms with Crippen LogP contribution in [0.2, 0.25) is 0 Å².